The van der Waals surface area contributed by atoms with Crippen LogP contribution in [0, 0.1) is 0 Å². The van der Waals surface area contributed by atoms with Gasteiger partial charge < -0.3 is 4.90 Å². The average molecular weight is 187 g/mol. The first-order valence-electron chi connectivity index (χ1n) is 4.74. The van der Waals surface area contributed by atoms with E-state index < -0.39 is 0 Å². The summed E-state index contributed by atoms with van der Waals surface area (Å²) in [7, 11) is 1.79. The van der Waals surface area contributed by atoms with Crippen LogP contribution in [-0.4, -0.2) is 17.9 Å². The van der Waals surface area contributed by atoms with E-state index in [0.29, 0.717) is 5.92 Å². The summed E-state index contributed by atoms with van der Waals surface area (Å²) in [6.45, 7) is 2.10. The van der Waals surface area contributed by atoms with Gasteiger partial charge in [-0.15, -0.1) is 0 Å². The van der Waals surface area contributed by atoms with Gasteiger partial charge in [0.15, 0.2) is 0 Å². The van der Waals surface area contributed by atoms with Crippen LogP contribution in [-0.2, 0) is 0 Å². The summed E-state index contributed by atoms with van der Waals surface area (Å²) >= 11 is 0. The Labute approximate surface area is 83.8 Å². The summed E-state index contributed by atoms with van der Waals surface area (Å²) in [5.74, 6) is 0.376. The van der Waals surface area contributed by atoms with Gasteiger partial charge in [-0.3, -0.25) is 4.79 Å². The minimum atomic E-state index is 0.0706. The fourth-order valence-corrected chi connectivity index (χ4v) is 1.71. The Balaban J connectivity index is 2.59. The van der Waals surface area contributed by atoms with Gasteiger partial charge in [0, 0.05) is 24.7 Å². The Bertz CT molecular complexity index is 395. The van der Waals surface area contributed by atoms with Crippen LogP contribution in [0.1, 0.15) is 28.8 Å². The molecular weight excluding hydrogens is 174 g/mol. The topological polar surface area (TPSA) is 20.3 Å². The second-order valence-electron chi connectivity index (χ2n) is 3.63. The van der Waals surface area contributed by atoms with Gasteiger partial charge in [0.25, 0.3) is 5.91 Å². The predicted octanol–water partition coefficient (Wildman–Crippen LogP) is 2.39. The second-order valence-corrected chi connectivity index (χ2v) is 3.63. The van der Waals surface area contributed by atoms with Crippen molar-refractivity contribution in [3.8, 4) is 0 Å². The number of nitrogens with zero attached hydrogens (tertiary/aromatic N) is 1. The van der Waals surface area contributed by atoms with Crippen molar-refractivity contribution in [3.05, 3.63) is 47.7 Å². The van der Waals surface area contributed by atoms with Crippen LogP contribution in [0.15, 0.2) is 36.5 Å². The summed E-state index contributed by atoms with van der Waals surface area (Å²) in [6.07, 6.45) is 3.89. The SMILES string of the molecule is C[C@H]1C=CN(C)C(=O)c2ccccc21. The molecule has 0 unspecified atom stereocenters. The molecule has 2 nitrogen and oxygen atoms in total. The summed E-state index contributed by atoms with van der Waals surface area (Å²) in [4.78, 5) is 13.5. The molecule has 1 aliphatic rings. The van der Waals surface area contributed by atoms with Crippen LogP contribution in [0.2, 0.25) is 0 Å². The molecule has 72 valence electrons. The molecule has 0 saturated heterocycles. The van der Waals surface area contributed by atoms with E-state index in [2.05, 4.69) is 6.92 Å². The molecule has 1 amide bonds. The average Bonchev–Trinajstić information content (AvgIpc) is 2.33. The van der Waals surface area contributed by atoms with E-state index in [1.54, 1.807) is 11.9 Å². The molecule has 0 spiro atoms. The van der Waals surface area contributed by atoms with Crippen molar-refractivity contribution >= 4 is 5.91 Å². The van der Waals surface area contributed by atoms with Gasteiger partial charge in [-0.05, 0) is 11.6 Å². The van der Waals surface area contributed by atoms with E-state index in [0.717, 1.165) is 11.1 Å². The van der Waals surface area contributed by atoms with E-state index in [-0.39, 0.29) is 5.91 Å². The number of rotatable bonds is 0. The highest BCUT2D eigenvalue weighted by atomic mass is 16.2. The standard InChI is InChI=1S/C12H13NO/c1-9-7-8-13(2)12(14)11-6-4-3-5-10(9)11/h3-9H,1-2H3/t9-/m0/s1. The van der Waals surface area contributed by atoms with E-state index >= 15 is 0 Å². The van der Waals surface area contributed by atoms with Crippen LogP contribution >= 0.6 is 0 Å². The number of benzene rings is 1. The molecule has 2 heteroatoms. The number of amides is 1. The van der Waals surface area contributed by atoms with Crippen molar-refractivity contribution in [2.24, 2.45) is 0 Å². The molecular formula is C12H13NO. The Morgan fingerprint density at radius 3 is 2.79 bits per heavy atom. The molecule has 1 aliphatic heterocycles. The molecule has 0 bridgehead atoms. The summed E-state index contributed by atoms with van der Waals surface area (Å²) < 4.78 is 0. The van der Waals surface area contributed by atoms with E-state index in [9.17, 15) is 4.79 Å². The zero-order valence-corrected chi connectivity index (χ0v) is 8.40. The van der Waals surface area contributed by atoms with Crippen molar-refractivity contribution in [1.82, 2.24) is 4.90 Å². The molecule has 1 aromatic rings. The van der Waals surface area contributed by atoms with Gasteiger partial charge in [0.1, 0.15) is 0 Å². The Morgan fingerprint density at radius 2 is 2.00 bits per heavy atom. The number of carbonyl (C=O) groups excluding carboxylic acids is 1. The fraction of sp³-hybridized carbons (Fsp3) is 0.250. The zero-order valence-electron chi connectivity index (χ0n) is 8.40. The lowest BCUT2D eigenvalue weighted by molar-refractivity contribution is 0.0851. The molecule has 0 saturated carbocycles. The Kier molecular flexibility index (Phi) is 2.12. The molecule has 0 fully saturated rings. The lowest BCUT2D eigenvalue weighted by Gasteiger charge is -2.11. The zero-order chi connectivity index (χ0) is 10.1. The highest BCUT2D eigenvalue weighted by Gasteiger charge is 2.19. The largest absolute Gasteiger partial charge is 0.318 e. The summed E-state index contributed by atoms with van der Waals surface area (Å²) in [6, 6.07) is 7.78. The molecule has 1 atom stereocenters. The third-order valence-electron chi connectivity index (χ3n) is 2.60. The number of hydrogen-bond acceptors (Lipinski definition) is 1. The van der Waals surface area contributed by atoms with Gasteiger partial charge in [-0.25, -0.2) is 0 Å². The lowest BCUT2D eigenvalue weighted by Crippen LogP contribution is -2.20. The van der Waals surface area contributed by atoms with Gasteiger partial charge in [0.2, 0.25) is 0 Å². The number of hydrogen-bond donors (Lipinski definition) is 0. The number of allylic oxidation sites excluding steroid dienone is 1. The van der Waals surface area contributed by atoms with E-state index in [1.165, 1.54) is 0 Å². The molecule has 0 aliphatic carbocycles. The first-order valence-corrected chi connectivity index (χ1v) is 4.74. The monoisotopic (exact) mass is 187 g/mol. The molecule has 14 heavy (non-hydrogen) atoms. The number of fused-ring (bicyclic) bond motifs is 1. The molecule has 0 aromatic heterocycles. The molecule has 1 aromatic carbocycles. The maximum atomic E-state index is 11.9. The maximum Gasteiger partial charge on any atom is 0.257 e. The Morgan fingerprint density at radius 1 is 1.29 bits per heavy atom. The van der Waals surface area contributed by atoms with E-state index in [4.69, 9.17) is 0 Å². The van der Waals surface area contributed by atoms with Crippen molar-refractivity contribution in [2.75, 3.05) is 7.05 Å². The third kappa shape index (κ3) is 1.33. The lowest BCUT2D eigenvalue weighted by atomic mass is 9.96. The van der Waals surface area contributed by atoms with Gasteiger partial charge in [-0.2, -0.15) is 0 Å². The minimum absolute atomic E-state index is 0.0706. The normalized spacial score (nSPS) is 20.6. The van der Waals surface area contributed by atoms with Crippen molar-refractivity contribution in [1.29, 1.82) is 0 Å². The van der Waals surface area contributed by atoms with Gasteiger partial charge in [0.05, 0.1) is 0 Å². The molecule has 0 N–H and O–H groups in total. The van der Waals surface area contributed by atoms with Crippen LogP contribution in [0.4, 0.5) is 0 Å². The van der Waals surface area contributed by atoms with Crippen LogP contribution in [0.3, 0.4) is 0 Å². The van der Waals surface area contributed by atoms with Crippen molar-refractivity contribution in [3.63, 3.8) is 0 Å². The molecule has 0 radical (unpaired) electrons. The highest BCUT2D eigenvalue weighted by molar-refractivity contribution is 5.96. The third-order valence-corrected chi connectivity index (χ3v) is 2.60. The van der Waals surface area contributed by atoms with Crippen LogP contribution in [0.25, 0.3) is 0 Å². The van der Waals surface area contributed by atoms with E-state index in [1.807, 2.05) is 36.5 Å². The Hall–Kier alpha value is -1.57. The second kappa shape index (κ2) is 3.29. The highest BCUT2D eigenvalue weighted by Crippen LogP contribution is 2.24. The van der Waals surface area contributed by atoms with Crippen LogP contribution < -0.4 is 0 Å². The minimum Gasteiger partial charge on any atom is -0.318 e. The van der Waals surface area contributed by atoms with Gasteiger partial charge in [-0.1, -0.05) is 31.2 Å². The summed E-state index contributed by atoms with van der Waals surface area (Å²) in [5.41, 5.74) is 1.92. The van der Waals surface area contributed by atoms with Gasteiger partial charge >= 0.3 is 0 Å². The fourth-order valence-electron chi connectivity index (χ4n) is 1.71. The maximum absolute atomic E-state index is 11.9. The molecule has 1 heterocycles. The first kappa shape index (κ1) is 9.00. The van der Waals surface area contributed by atoms with Crippen molar-refractivity contribution < 1.29 is 4.79 Å². The molecule has 2 rings (SSSR count). The smallest absolute Gasteiger partial charge is 0.257 e. The summed E-state index contributed by atoms with van der Waals surface area (Å²) in [5, 5.41) is 0. The first-order chi connectivity index (χ1) is 6.70. The quantitative estimate of drug-likeness (QED) is 0.610. The number of carbonyl (C=O) groups is 1. The van der Waals surface area contributed by atoms with Crippen molar-refractivity contribution in [2.45, 2.75) is 12.8 Å². The predicted molar refractivity (Wildman–Crippen MR) is 56.1 cm³/mol. The van der Waals surface area contributed by atoms with Crippen LogP contribution in [0.5, 0.6) is 0 Å².